The van der Waals surface area contributed by atoms with Crippen molar-refractivity contribution in [1.82, 2.24) is 10.2 Å². The minimum Gasteiger partial charge on any atom is -0.395 e. The lowest BCUT2D eigenvalue weighted by molar-refractivity contribution is -0.131. The van der Waals surface area contributed by atoms with Crippen molar-refractivity contribution >= 4 is 5.91 Å². The Labute approximate surface area is 95.9 Å². The summed E-state index contributed by atoms with van der Waals surface area (Å²) in [5.74, 6) is -0.0142. The molecule has 1 aromatic carbocycles. The molecule has 0 spiro atoms. The molecule has 0 heterocycles. The molecule has 0 aliphatic rings. The van der Waals surface area contributed by atoms with E-state index >= 15 is 0 Å². The van der Waals surface area contributed by atoms with Crippen LogP contribution >= 0.6 is 0 Å². The Balaban J connectivity index is 2.83. The number of amides is 1. The molecule has 0 unspecified atom stereocenters. The van der Waals surface area contributed by atoms with Gasteiger partial charge in [-0.25, -0.2) is 0 Å². The molecule has 1 atom stereocenters. The molecule has 0 bridgehead atoms. The fourth-order valence-electron chi connectivity index (χ4n) is 1.46. The zero-order chi connectivity index (χ0) is 12.0. The van der Waals surface area contributed by atoms with Crippen LogP contribution < -0.4 is 5.32 Å². The Kier molecular flexibility index (Phi) is 4.95. The van der Waals surface area contributed by atoms with Crippen LogP contribution in [-0.2, 0) is 4.79 Å². The second-order valence-electron chi connectivity index (χ2n) is 3.75. The molecule has 0 saturated carbocycles. The van der Waals surface area contributed by atoms with Gasteiger partial charge in [0.25, 0.3) is 0 Å². The summed E-state index contributed by atoms with van der Waals surface area (Å²) < 4.78 is 0. The summed E-state index contributed by atoms with van der Waals surface area (Å²) in [5, 5.41) is 11.8. The number of hydrogen-bond donors (Lipinski definition) is 2. The molecule has 4 heteroatoms. The van der Waals surface area contributed by atoms with E-state index in [1.165, 1.54) is 0 Å². The molecule has 0 aliphatic carbocycles. The number of nitrogens with zero attached hydrogens (tertiary/aromatic N) is 1. The zero-order valence-corrected chi connectivity index (χ0v) is 9.68. The van der Waals surface area contributed by atoms with E-state index in [0.29, 0.717) is 6.54 Å². The first-order valence-corrected chi connectivity index (χ1v) is 5.27. The topological polar surface area (TPSA) is 52.6 Å². The molecule has 0 aromatic heterocycles. The zero-order valence-electron chi connectivity index (χ0n) is 9.68. The first-order chi connectivity index (χ1) is 7.66. The third kappa shape index (κ3) is 3.32. The molecule has 1 aromatic rings. The first kappa shape index (κ1) is 12.7. The van der Waals surface area contributed by atoms with Gasteiger partial charge >= 0.3 is 0 Å². The van der Waals surface area contributed by atoms with Crippen molar-refractivity contribution in [3.8, 4) is 0 Å². The van der Waals surface area contributed by atoms with Crippen molar-refractivity contribution in [2.24, 2.45) is 0 Å². The van der Waals surface area contributed by atoms with Gasteiger partial charge in [0.1, 0.15) is 6.04 Å². The number of aliphatic hydroxyl groups is 1. The number of nitrogens with one attached hydrogen (secondary N) is 1. The monoisotopic (exact) mass is 222 g/mol. The van der Waals surface area contributed by atoms with Crippen LogP contribution in [0.15, 0.2) is 30.3 Å². The van der Waals surface area contributed by atoms with Gasteiger partial charge in [0, 0.05) is 20.6 Å². The molecule has 0 saturated heterocycles. The maximum absolute atomic E-state index is 11.9. The van der Waals surface area contributed by atoms with Crippen LogP contribution in [0.4, 0.5) is 0 Å². The van der Waals surface area contributed by atoms with Crippen LogP contribution in [0.25, 0.3) is 0 Å². The van der Waals surface area contributed by atoms with Gasteiger partial charge in [0.15, 0.2) is 0 Å². The van der Waals surface area contributed by atoms with Crippen LogP contribution in [0.1, 0.15) is 11.6 Å². The average Bonchev–Trinajstić information content (AvgIpc) is 2.30. The molecule has 0 fully saturated rings. The van der Waals surface area contributed by atoms with E-state index in [1.54, 1.807) is 19.0 Å². The number of carbonyl (C=O) groups excluding carboxylic acids is 1. The van der Waals surface area contributed by atoms with Crippen LogP contribution in [-0.4, -0.2) is 43.2 Å². The third-order valence-electron chi connectivity index (χ3n) is 2.28. The summed E-state index contributed by atoms with van der Waals surface area (Å²) in [6, 6.07) is 9.11. The number of rotatable bonds is 5. The number of benzene rings is 1. The second kappa shape index (κ2) is 6.25. The highest BCUT2D eigenvalue weighted by atomic mass is 16.3. The van der Waals surface area contributed by atoms with Crippen molar-refractivity contribution in [1.29, 1.82) is 0 Å². The quantitative estimate of drug-likeness (QED) is 0.758. The van der Waals surface area contributed by atoms with Gasteiger partial charge in [-0.15, -0.1) is 0 Å². The smallest absolute Gasteiger partial charge is 0.243 e. The molecule has 0 aliphatic heterocycles. The predicted octanol–water partition coefficient (Wildman–Crippen LogP) is 0.398. The number of carbonyl (C=O) groups is 1. The van der Waals surface area contributed by atoms with Crippen molar-refractivity contribution in [2.75, 3.05) is 27.2 Å². The summed E-state index contributed by atoms with van der Waals surface area (Å²) in [4.78, 5) is 13.5. The molecular weight excluding hydrogens is 204 g/mol. The second-order valence-corrected chi connectivity index (χ2v) is 3.75. The molecule has 0 radical (unpaired) electrons. The SMILES string of the molecule is CN(C)C(=O)[C@H](NCCO)c1ccccc1. The van der Waals surface area contributed by atoms with Crippen LogP contribution in [0.3, 0.4) is 0 Å². The highest BCUT2D eigenvalue weighted by Crippen LogP contribution is 2.14. The van der Waals surface area contributed by atoms with Gasteiger partial charge in [-0.3, -0.25) is 10.1 Å². The fourth-order valence-corrected chi connectivity index (χ4v) is 1.46. The van der Waals surface area contributed by atoms with E-state index < -0.39 is 0 Å². The lowest BCUT2D eigenvalue weighted by Crippen LogP contribution is -2.38. The van der Waals surface area contributed by atoms with Crippen molar-refractivity contribution in [2.45, 2.75) is 6.04 Å². The van der Waals surface area contributed by atoms with E-state index in [2.05, 4.69) is 5.32 Å². The van der Waals surface area contributed by atoms with Crippen molar-refractivity contribution in [3.63, 3.8) is 0 Å². The van der Waals surface area contributed by atoms with Gasteiger partial charge in [0.05, 0.1) is 6.61 Å². The lowest BCUT2D eigenvalue weighted by Gasteiger charge is -2.21. The Morgan fingerprint density at radius 3 is 2.50 bits per heavy atom. The predicted molar refractivity (Wildman–Crippen MR) is 63.0 cm³/mol. The third-order valence-corrected chi connectivity index (χ3v) is 2.28. The Morgan fingerprint density at radius 1 is 1.38 bits per heavy atom. The van der Waals surface area contributed by atoms with Crippen molar-refractivity contribution < 1.29 is 9.90 Å². The normalized spacial score (nSPS) is 12.2. The van der Waals surface area contributed by atoms with Gasteiger partial charge in [-0.05, 0) is 5.56 Å². The Morgan fingerprint density at radius 2 is 2.00 bits per heavy atom. The fraction of sp³-hybridized carbons (Fsp3) is 0.417. The molecule has 4 nitrogen and oxygen atoms in total. The number of likely N-dealkylation sites (N-methyl/N-ethyl adjacent to an activating group) is 1. The van der Waals surface area contributed by atoms with E-state index in [-0.39, 0.29) is 18.6 Å². The summed E-state index contributed by atoms with van der Waals surface area (Å²) in [5.41, 5.74) is 0.912. The van der Waals surface area contributed by atoms with E-state index in [0.717, 1.165) is 5.56 Å². The van der Waals surface area contributed by atoms with E-state index in [4.69, 9.17) is 5.11 Å². The van der Waals surface area contributed by atoms with Gasteiger partial charge in [-0.1, -0.05) is 30.3 Å². The number of hydrogen-bond acceptors (Lipinski definition) is 3. The summed E-state index contributed by atoms with van der Waals surface area (Å²) in [7, 11) is 3.44. The minimum absolute atomic E-state index is 0.0142. The molecule has 2 N–H and O–H groups in total. The summed E-state index contributed by atoms with van der Waals surface area (Å²) in [6.07, 6.45) is 0. The summed E-state index contributed by atoms with van der Waals surface area (Å²) >= 11 is 0. The maximum atomic E-state index is 11.9. The molecule has 1 rings (SSSR count). The molecule has 16 heavy (non-hydrogen) atoms. The van der Waals surface area contributed by atoms with Gasteiger partial charge in [-0.2, -0.15) is 0 Å². The highest BCUT2D eigenvalue weighted by Gasteiger charge is 2.20. The minimum atomic E-state index is -0.386. The van der Waals surface area contributed by atoms with E-state index in [9.17, 15) is 4.79 Å². The largest absolute Gasteiger partial charge is 0.395 e. The van der Waals surface area contributed by atoms with Crippen LogP contribution in [0.5, 0.6) is 0 Å². The molecule has 1 amide bonds. The molecule has 88 valence electrons. The number of aliphatic hydroxyl groups excluding tert-OH is 1. The van der Waals surface area contributed by atoms with E-state index in [1.807, 2.05) is 30.3 Å². The van der Waals surface area contributed by atoms with Gasteiger partial charge in [0.2, 0.25) is 5.91 Å². The Hall–Kier alpha value is -1.39. The molecular formula is C12H18N2O2. The standard InChI is InChI=1S/C12H18N2O2/c1-14(2)12(16)11(13-8-9-15)10-6-4-3-5-7-10/h3-7,11,13,15H,8-9H2,1-2H3/t11-/m1/s1. The van der Waals surface area contributed by atoms with Crippen molar-refractivity contribution in [3.05, 3.63) is 35.9 Å². The summed E-state index contributed by atoms with van der Waals surface area (Å²) in [6.45, 7) is 0.420. The van der Waals surface area contributed by atoms with Crippen LogP contribution in [0.2, 0.25) is 0 Å². The first-order valence-electron chi connectivity index (χ1n) is 5.27. The van der Waals surface area contributed by atoms with Crippen LogP contribution in [0, 0.1) is 0 Å². The highest BCUT2D eigenvalue weighted by molar-refractivity contribution is 5.82. The average molecular weight is 222 g/mol. The maximum Gasteiger partial charge on any atom is 0.243 e. The lowest BCUT2D eigenvalue weighted by atomic mass is 10.1. The van der Waals surface area contributed by atoms with Gasteiger partial charge < -0.3 is 10.0 Å². The Bertz CT molecular complexity index is 325.